The average Bonchev–Trinajstić information content (AvgIpc) is 2.76. The summed E-state index contributed by atoms with van der Waals surface area (Å²) in [5.41, 5.74) is 0.156. The number of benzene rings is 1. The van der Waals surface area contributed by atoms with Gasteiger partial charge in [-0.15, -0.1) is 0 Å². The molecular weight excluding hydrogens is 322 g/mol. The van der Waals surface area contributed by atoms with Crippen molar-refractivity contribution in [1.82, 2.24) is 4.31 Å². The molecule has 2 aliphatic rings. The van der Waals surface area contributed by atoms with Gasteiger partial charge < -0.3 is 9.47 Å². The van der Waals surface area contributed by atoms with Gasteiger partial charge in [0, 0.05) is 13.2 Å². The Bertz CT molecular complexity index is 723. The lowest BCUT2D eigenvalue weighted by Crippen LogP contribution is -2.34. The number of rotatable bonds is 4. The molecule has 0 aliphatic carbocycles. The number of esters is 1. The molecule has 0 atom stereocenters. The van der Waals surface area contributed by atoms with Gasteiger partial charge in [0.2, 0.25) is 0 Å². The normalized spacial score (nSPS) is 20.3. The maximum Gasteiger partial charge on any atom is 0.309 e. The van der Waals surface area contributed by atoms with Crippen LogP contribution in [-0.4, -0.2) is 51.0 Å². The van der Waals surface area contributed by atoms with Crippen molar-refractivity contribution in [3.05, 3.63) is 29.8 Å². The fourth-order valence-electron chi connectivity index (χ4n) is 2.73. The third-order valence-corrected chi connectivity index (χ3v) is 5.85. The van der Waals surface area contributed by atoms with E-state index in [0.717, 1.165) is 4.31 Å². The Hall–Kier alpha value is -1.93. The van der Waals surface area contributed by atoms with Crippen LogP contribution in [0.2, 0.25) is 0 Å². The number of sulfonamides is 1. The van der Waals surface area contributed by atoms with Gasteiger partial charge in [0.25, 0.3) is 15.9 Å². The lowest BCUT2D eigenvalue weighted by atomic mass is 10.0. The Labute approximate surface area is 134 Å². The molecule has 0 bridgehead atoms. The SMILES string of the molecule is O=C(OCCN1C(=O)c2ccccc2S1(=O)=O)C1CCOCC1. The van der Waals surface area contributed by atoms with Gasteiger partial charge in [-0.1, -0.05) is 12.1 Å². The number of ether oxygens (including phenoxy) is 2. The van der Waals surface area contributed by atoms with Gasteiger partial charge in [-0.25, -0.2) is 12.7 Å². The van der Waals surface area contributed by atoms with Crippen LogP contribution >= 0.6 is 0 Å². The molecule has 124 valence electrons. The van der Waals surface area contributed by atoms with Gasteiger partial charge in [-0.3, -0.25) is 9.59 Å². The predicted molar refractivity (Wildman–Crippen MR) is 79.2 cm³/mol. The number of hydrogen-bond acceptors (Lipinski definition) is 6. The van der Waals surface area contributed by atoms with E-state index in [1.165, 1.54) is 12.1 Å². The van der Waals surface area contributed by atoms with Crippen molar-refractivity contribution in [1.29, 1.82) is 0 Å². The fraction of sp³-hybridized carbons (Fsp3) is 0.467. The Morgan fingerprint density at radius 3 is 2.65 bits per heavy atom. The maximum atomic E-state index is 12.3. The summed E-state index contributed by atoms with van der Waals surface area (Å²) in [4.78, 5) is 24.1. The highest BCUT2D eigenvalue weighted by atomic mass is 32.2. The number of carbonyl (C=O) groups is 2. The minimum absolute atomic E-state index is 0.000700. The third-order valence-electron chi connectivity index (χ3n) is 4.01. The highest BCUT2D eigenvalue weighted by molar-refractivity contribution is 7.90. The third kappa shape index (κ3) is 2.96. The van der Waals surface area contributed by atoms with Gasteiger partial charge >= 0.3 is 5.97 Å². The molecule has 0 aromatic heterocycles. The second-order valence-corrected chi connectivity index (χ2v) is 7.26. The Morgan fingerprint density at radius 2 is 1.96 bits per heavy atom. The summed E-state index contributed by atoms with van der Waals surface area (Å²) >= 11 is 0. The van der Waals surface area contributed by atoms with Crippen molar-refractivity contribution in [3.63, 3.8) is 0 Å². The molecule has 1 saturated heterocycles. The Kier molecular flexibility index (Phi) is 4.36. The van der Waals surface area contributed by atoms with E-state index in [2.05, 4.69) is 0 Å². The van der Waals surface area contributed by atoms with Crippen molar-refractivity contribution in [3.8, 4) is 0 Å². The smallest absolute Gasteiger partial charge is 0.309 e. The van der Waals surface area contributed by atoms with E-state index < -0.39 is 15.9 Å². The summed E-state index contributed by atoms with van der Waals surface area (Å²) in [5.74, 6) is -1.16. The predicted octanol–water partition coefficient (Wildman–Crippen LogP) is 0.801. The molecule has 0 saturated carbocycles. The van der Waals surface area contributed by atoms with Crippen LogP contribution in [0.25, 0.3) is 0 Å². The number of amides is 1. The molecule has 1 aromatic rings. The topological polar surface area (TPSA) is 90.0 Å². The van der Waals surface area contributed by atoms with E-state index in [1.807, 2.05) is 0 Å². The first kappa shape index (κ1) is 15.9. The van der Waals surface area contributed by atoms with Crippen molar-refractivity contribution in [2.75, 3.05) is 26.4 Å². The molecule has 1 fully saturated rings. The minimum atomic E-state index is -3.85. The first-order valence-corrected chi connectivity index (χ1v) is 8.86. The van der Waals surface area contributed by atoms with Crippen LogP contribution in [0.15, 0.2) is 29.2 Å². The molecule has 0 radical (unpaired) electrons. The Morgan fingerprint density at radius 1 is 1.26 bits per heavy atom. The summed E-state index contributed by atoms with van der Waals surface area (Å²) in [6.07, 6.45) is 1.20. The van der Waals surface area contributed by atoms with E-state index >= 15 is 0 Å². The molecule has 8 heteroatoms. The zero-order valence-corrected chi connectivity index (χ0v) is 13.3. The van der Waals surface area contributed by atoms with Crippen molar-refractivity contribution >= 4 is 21.9 Å². The summed E-state index contributed by atoms with van der Waals surface area (Å²) < 4.78 is 35.7. The van der Waals surface area contributed by atoms with E-state index in [4.69, 9.17) is 9.47 Å². The molecule has 1 aromatic carbocycles. The van der Waals surface area contributed by atoms with Crippen LogP contribution in [0.5, 0.6) is 0 Å². The molecular formula is C15H17NO6S. The molecule has 0 unspecified atom stereocenters. The lowest BCUT2D eigenvalue weighted by Gasteiger charge is -2.21. The summed E-state index contributed by atoms with van der Waals surface area (Å²) in [6, 6.07) is 6.05. The van der Waals surface area contributed by atoms with E-state index in [0.29, 0.717) is 26.1 Å². The number of nitrogens with zero attached hydrogens (tertiary/aromatic N) is 1. The summed E-state index contributed by atoms with van der Waals surface area (Å²) in [5, 5.41) is 0. The van der Waals surface area contributed by atoms with E-state index in [1.54, 1.807) is 12.1 Å². The van der Waals surface area contributed by atoms with Crippen LogP contribution in [0, 0.1) is 5.92 Å². The second-order valence-electron chi connectivity index (χ2n) is 5.43. The highest BCUT2D eigenvalue weighted by Crippen LogP contribution is 2.29. The van der Waals surface area contributed by atoms with Gasteiger partial charge in [-0.2, -0.15) is 0 Å². The maximum absolute atomic E-state index is 12.3. The van der Waals surface area contributed by atoms with E-state index in [9.17, 15) is 18.0 Å². The molecule has 23 heavy (non-hydrogen) atoms. The number of carbonyl (C=O) groups excluding carboxylic acids is 2. The highest BCUT2D eigenvalue weighted by Gasteiger charge is 2.40. The van der Waals surface area contributed by atoms with Gasteiger partial charge in [-0.05, 0) is 25.0 Å². The standard InChI is InChI=1S/C15H17NO6S/c17-14-12-3-1-2-4-13(12)23(19,20)16(14)7-10-22-15(18)11-5-8-21-9-6-11/h1-4,11H,5-10H2. The van der Waals surface area contributed by atoms with Crippen molar-refractivity contribution in [2.45, 2.75) is 17.7 Å². The fourth-order valence-corrected chi connectivity index (χ4v) is 4.29. The quantitative estimate of drug-likeness (QED) is 0.754. The van der Waals surface area contributed by atoms with Crippen LogP contribution in [0.1, 0.15) is 23.2 Å². The summed E-state index contributed by atoms with van der Waals surface area (Å²) in [6.45, 7) is 0.724. The van der Waals surface area contributed by atoms with Crippen LogP contribution in [0.3, 0.4) is 0 Å². The molecule has 2 aliphatic heterocycles. The zero-order chi connectivity index (χ0) is 16.4. The minimum Gasteiger partial charge on any atom is -0.464 e. The monoisotopic (exact) mass is 339 g/mol. The summed E-state index contributed by atoms with van der Waals surface area (Å²) in [7, 11) is -3.85. The second kappa shape index (κ2) is 6.29. The molecule has 3 rings (SSSR count). The molecule has 2 heterocycles. The van der Waals surface area contributed by atoms with Crippen LogP contribution in [0.4, 0.5) is 0 Å². The zero-order valence-electron chi connectivity index (χ0n) is 12.4. The van der Waals surface area contributed by atoms with Crippen LogP contribution < -0.4 is 0 Å². The van der Waals surface area contributed by atoms with Crippen molar-refractivity contribution < 1.29 is 27.5 Å². The molecule has 0 N–H and O–H groups in total. The first-order chi connectivity index (χ1) is 11.0. The largest absolute Gasteiger partial charge is 0.464 e. The number of fused-ring (bicyclic) bond motifs is 1. The lowest BCUT2D eigenvalue weighted by molar-refractivity contribution is -0.151. The van der Waals surface area contributed by atoms with Gasteiger partial charge in [0.05, 0.1) is 18.0 Å². The molecule has 7 nitrogen and oxygen atoms in total. The van der Waals surface area contributed by atoms with Gasteiger partial charge in [0.15, 0.2) is 0 Å². The number of hydrogen-bond donors (Lipinski definition) is 0. The van der Waals surface area contributed by atoms with Gasteiger partial charge in [0.1, 0.15) is 11.5 Å². The van der Waals surface area contributed by atoms with E-state index in [-0.39, 0.29) is 35.5 Å². The van der Waals surface area contributed by atoms with Crippen molar-refractivity contribution in [2.24, 2.45) is 5.92 Å². The molecule has 1 amide bonds. The van der Waals surface area contributed by atoms with Crippen LogP contribution in [-0.2, 0) is 24.3 Å². The first-order valence-electron chi connectivity index (χ1n) is 7.42. The average molecular weight is 339 g/mol. The Balaban J connectivity index is 1.61. The molecule has 0 spiro atoms.